The smallest absolute Gasteiger partial charge is 0.416 e. The van der Waals surface area contributed by atoms with Crippen molar-refractivity contribution < 1.29 is 22.7 Å². The van der Waals surface area contributed by atoms with Crippen LogP contribution in [-0.4, -0.2) is 28.6 Å². The van der Waals surface area contributed by atoms with E-state index in [-0.39, 0.29) is 24.4 Å². The van der Waals surface area contributed by atoms with Crippen LogP contribution in [0.4, 0.5) is 13.2 Å². The van der Waals surface area contributed by atoms with Crippen LogP contribution in [0.1, 0.15) is 18.2 Å². The molecule has 0 saturated carbocycles. The van der Waals surface area contributed by atoms with Gasteiger partial charge < -0.3 is 10.1 Å². The summed E-state index contributed by atoms with van der Waals surface area (Å²) < 4.78 is 44.2. The van der Waals surface area contributed by atoms with Crippen LogP contribution in [0.5, 0.6) is 5.75 Å². The fourth-order valence-electron chi connectivity index (χ4n) is 2.10. The summed E-state index contributed by atoms with van der Waals surface area (Å²) in [6.45, 7) is 1.85. The fourth-order valence-corrected chi connectivity index (χ4v) is 2.10. The van der Waals surface area contributed by atoms with Crippen LogP contribution in [0.3, 0.4) is 0 Å². The van der Waals surface area contributed by atoms with Crippen LogP contribution in [0.15, 0.2) is 41.5 Å². The zero-order valence-corrected chi connectivity index (χ0v) is 14.0. The van der Waals surface area contributed by atoms with E-state index in [9.17, 15) is 22.8 Å². The Balaban J connectivity index is 1.80. The summed E-state index contributed by atoms with van der Waals surface area (Å²) in [5, 5.41) is 2.53. The fraction of sp³-hybridized carbons (Fsp3) is 0.353. The Morgan fingerprint density at radius 2 is 2.08 bits per heavy atom. The molecule has 0 spiro atoms. The predicted molar refractivity (Wildman–Crippen MR) is 87.8 cm³/mol. The van der Waals surface area contributed by atoms with Crippen LogP contribution in [0.25, 0.3) is 0 Å². The Morgan fingerprint density at radius 3 is 2.73 bits per heavy atom. The average molecular weight is 369 g/mol. The first-order valence-corrected chi connectivity index (χ1v) is 7.91. The first kappa shape index (κ1) is 19.5. The number of amides is 1. The van der Waals surface area contributed by atoms with Crippen molar-refractivity contribution in [3.63, 3.8) is 0 Å². The van der Waals surface area contributed by atoms with Crippen LogP contribution in [0, 0.1) is 0 Å². The van der Waals surface area contributed by atoms with E-state index in [4.69, 9.17) is 4.74 Å². The van der Waals surface area contributed by atoms with Gasteiger partial charge in [-0.2, -0.15) is 13.2 Å². The molecule has 0 aliphatic carbocycles. The molecule has 0 radical (unpaired) electrons. The van der Waals surface area contributed by atoms with E-state index in [2.05, 4.69) is 10.3 Å². The van der Waals surface area contributed by atoms with E-state index in [0.717, 1.165) is 12.1 Å². The molecule has 1 heterocycles. The van der Waals surface area contributed by atoms with Crippen molar-refractivity contribution in [1.29, 1.82) is 0 Å². The number of carbonyl (C=O) groups excluding carboxylic acids is 1. The number of aromatic nitrogens is 2. The van der Waals surface area contributed by atoms with Gasteiger partial charge in [-0.3, -0.25) is 14.2 Å². The van der Waals surface area contributed by atoms with Crippen LogP contribution >= 0.6 is 0 Å². The highest BCUT2D eigenvalue weighted by molar-refractivity contribution is 5.77. The number of hydrogen-bond acceptors (Lipinski definition) is 4. The van der Waals surface area contributed by atoms with Crippen molar-refractivity contribution in [3.8, 4) is 5.75 Å². The second kappa shape index (κ2) is 8.50. The van der Waals surface area contributed by atoms with Crippen molar-refractivity contribution in [2.24, 2.45) is 0 Å². The second-order valence-corrected chi connectivity index (χ2v) is 5.43. The maximum Gasteiger partial charge on any atom is 0.416 e. The number of aryl methyl sites for hydroxylation is 1. The second-order valence-electron chi connectivity index (χ2n) is 5.43. The van der Waals surface area contributed by atoms with Gasteiger partial charge in [0.25, 0.3) is 11.5 Å². The minimum Gasteiger partial charge on any atom is -0.484 e. The van der Waals surface area contributed by atoms with E-state index < -0.39 is 24.3 Å². The van der Waals surface area contributed by atoms with Crippen molar-refractivity contribution >= 4 is 5.91 Å². The van der Waals surface area contributed by atoms with Crippen LogP contribution in [0.2, 0.25) is 0 Å². The van der Waals surface area contributed by atoms with Gasteiger partial charge in [0, 0.05) is 24.8 Å². The number of benzene rings is 1. The minimum atomic E-state index is -4.48. The molecule has 1 amide bonds. The van der Waals surface area contributed by atoms with E-state index in [1.165, 1.54) is 29.1 Å². The molecule has 1 N–H and O–H groups in total. The summed E-state index contributed by atoms with van der Waals surface area (Å²) >= 11 is 0. The molecule has 9 heteroatoms. The monoisotopic (exact) mass is 369 g/mol. The van der Waals surface area contributed by atoms with Crippen molar-refractivity contribution in [2.45, 2.75) is 26.1 Å². The van der Waals surface area contributed by atoms with E-state index in [1.54, 1.807) is 0 Å². The maximum atomic E-state index is 12.6. The highest BCUT2D eigenvalue weighted by Gasteiger charge is 2.30. The molecule has 0 aliphatic rings. The van der Waals surface area contributed by atoms with E-state index in [1.807, 2.05) is 6.92 Å². The summed E-state index contributed by atoms with van der Waals surface area (Å²) in [7, 11) is 0. The van der Waals surface area contributed by atoms with E-state index in [0.29, 0.717) is 12.1 Å². The molecule has 0 unspecified atom stereocenters. The Hall–Kier alpha value is -2.84. The quantitative estimate of drug-likeness (QED) is 0.811. The molecule has 0 aliphatic heterocycles. The topological polar surface area (TPSA) is 73.2 Å². The lowest BCUT2D eigenvalue weighted by Gasteiger charge is -2.11. The largest absolute Gasteiger partial charge is 0.484 e. The number of halogens is 3. The number of nitrogens with zero attached hydrogens (tertiary/aromatic N) is 2. The van der Waals surface area contributed by atoms with Crippen molar-refractivity contribution in [2.75, 3.05) is 13.2 Å². The molecule has 0 saturated heterocycles. The zero-order chi connectivity index (χ0) is 19.2. The third-order valence-corrected chi connectivity index (χ3v) is 3.50. The molecule has 26 heavy (non-hydrogen) atoms. The van der Waals surface area contributed by atoms with Gasteiger partial charge in [0.05, 0.1) is 11.9 Å². The summed E-state index contributed by atoms with van der Waals surface area (Å²) in [4.78, 5) is 27.6. The Labute approximate surface area is 147 Å². The number of rotatable bonds is 7. The lowest BCUT2D eigenvalue weighted by Crippen LogP contribution is -2.33. The molecule has 140 valence electrons. The van der Waals surface area contributed by atoms with Gasteiger partial charge in [0.15, 0.2) is 6.61 Å². The highest BCUT2D eigenvalue weighted by Crippen LogP contribution is 2.31. The van der Waals surface area contributed by atoms with Crippen molar-refractivity contribution in [3.05, 3.63) is 58.3 Å². The van der Waals surface area contributed by atoms with Crippen LogP contribution in [-0.2, 0) is 23.9 Å². The standard InChI is InChI=1S/C17H18F3N3O3/c1-2-13-9-16(25)23(11-22-13)7-6-21-15(24)10-26-14-5-3-4-12(8-14)17(18,19)20/h3-5,8-9,11H,2,6-7,10H2,1H3,(H,21,24). The Morgan fingerprint density at radius 1 is 1.31 bits per heavy atom. The molecule has 0 bridgehead atoms. The first-order chi connectivity index (χ1) is 12.3. The number of hydrogen-bond donors (Lipinski definition) is 1. The number of carbonyl (C=O) groups is 1. The summed E-state index contributed by atoms with van der Waals surface area (Å²) in [5.74, 6) is -0.556. The Kier molecular flexibility index (Phi) is 6.37. The van der Waals surface area contributed by atoms with Gasteiger partial charge in [0.2, 0.25) is 0 Å². The van der Waals surface area contributed by atoms with Gasteiger partial charge in [-0.05, 0) is 24.6 Å². The SMILES string of the molecule is CCc1cc(=O)n(CCNC(=O)COc2cccc(C(F)(F)F)c2)cn1. The van der Waals surface area contributed by atoms with Gasteiger partial charge >= 0.3 is 6.18 Å². The molecular formula is C17H18F3N3O3. The normalized spacial score (nSPS) is 11.2. The van der Waals surface area contributed by atoms with Gasteiger partial charge in [-0.25, -0.2) is 4.98 Å². The summed E-state index contributed by atoms with van der Waals surface area (Å²) in [6.07, 6.45) is -2.41. The third kappa shape index (κ3) is 5.61. The molecule has 1 aromatic carbocycles. The average Bonchev–Trinajstić information content (AvgIpc) is 2.61. The molecule has 1 aromatic heterocycles. The van der Waals surface area contributed by atoms with Gasteiger partial charge in [-0.15, -0.1) is 0 Å². The lowest BCUT2D eigenvalue weighted by molar-refractivity contribution is -0.137. The maximum absolute atomic E-state index is 12.6. The summed E-state index contributed by atoms with van der Waals surface area (Å²) in [6, 6.07) is 5.72. The predicted octanol–water partition coefficient (Wildman–Crippen LogP) is 2.02. The van der Waals surface area contributed by atoms with Gasteiger partial charge in [-0.1, -0.05) is 13.0 Å². The minimum absolute atomic E-state index is 0.0504. The molecule has 0 atom stereocenters. The number of nitrogens with one attached hydrogen (secondary N) is 1. The van der Waals surface area contributed by atoms with Crippen LogP contribution < -0.4 is 15.6 Å². The third-order valence-electron chi connectivity index (χ3n) is 3.50. The molecule has 2 aromatic rings. The highest BCUT2D eigenvalue weighted by atomic mass is 19.4. The van der Waals surface area contributed by atoms with Crippen molar-refractivity contribution in [1.82, 2.24) is 14.9 Å². The van der Waals surface area contributed by atoms with Gasteiger partial charge in [0.1, 0.15) is 5.75 Å². The van der Waals surface area contributed by atoms with E-state index >= 15 is 0 Å². The molecule has 2 rings (SSSR count). The molecule has 6 nitrogen and oxygen atoms in total. The Bertz CT molecular complexity index is 819. The lowest BCUT2D eigenvalue weighted by atomic mass is 10.2. The number of ether oxygens (including phenoxy) is 1. The summed E-state index contributed by atoms with van der Waals surface area (Å²) in [5.41, 5.74) is -0.381. The molecule has 0 fully saturated rings. The molecular weight excluding hydrogens is 351 g/mol. The first-order valence-electron chi connectivity index (χ1n) is 7.91. The number of alkyl halides is 3. The zero-order valence-electron chi connectivity index (χ0n) is 14.0.